The minimum absolute atomic E-state index is 0.271. The summed E-state index contributed by atoms with van der Waals surface area (Å²) in [7, 11) is 0. The van der Waals surface area contributed by atoms with Crippen molar-refractivity contribution in [3.63, 3.8) is 0 Å². The summed E-state index contributed by atoms with van der Waals surface area (Å²) < 4.78 is 5.23. The van der Waals surface area contributed by atoms with Crippen LogP contribution in [-0.2, 0) is 12.8 Å². The molecule has 2 aromatic rings. The largest absolute Gasteiger partial charge is 0.357 e. The molecule has 6 nitrogen and oxygen atoms in total. The van der Waals surface area contributed by atoms with Gasteiger partial charge in [-0.25, -0.2) is 0 Å². The Balaban J connectivity index is 1.79. The van der Waals surface area contributed by atoms with E-state index in [-0.39, 0.29) is 5.92 Å². The van der Waals surface area contributed by atoms with Gasteiger partial charge in [0.05, 0.1) is 6.54 Å². The topological polar surface area (TPSA) is 75.3 Å². The van der Waals surface area contributed by atoms with E-state index in [0.717, 1.165) is 36.3 Å². The molecule has 0 fully saturated rings. The van der Waals surface area contributed by atoms with Gasteiger partial charge in [-0.05, 0) is 31.0 Å². The molecule has 1 heterocycles. The Labute approximate surface area is 154 Å². The molecule has 0 aliphatic rings. The van der Waals surface area contributed by atoms with Gasteiger partial charge in [-0.1, -0.05) is 42.7 Å². The second kappa shape index (κ2) is 10.0. The molecule has 2 N–H and O–H groups in total. The van der Waals surface area contributed by atoms with Crippen molar-refractivity contribution in [3.8, 4) is 0 Å². The van der Waals surface area contributed by atoms with Crippen molar-refractivity contribution in [1.82, 2.24) is 20.8 Å². The summed E-state index contributed by atoms with van der Waals surface area (Å²) in [5.41, 5.74) is 1.24. The Kier molecular flexibility index (Phi) is 7.73. The van der Waals surface area contributed by atoms with Crippen molar-refractivity contribution in [1.29, 1.82) is 0 Å². The number of hydrogen-bond donors (Lipinski definition) is 2. The highest BCUT2D eigenvalue weighted by Crippen LogP contribution is 2.10. The second-order valence-corrected chi connectivity index (χ2v) is 6.45. The Hall–Kier alpha value is -2.08. The van der Waals surface area contributed by atoms with Crippen molar-refractivity contribution >= 4 is 17.6 Å². The number of nitrogens with one attached hydrogen (secondary N) is 2. The fourth-order valence-corrected chi connectivity index (χ4v) is 2.31. The van der Waals surface area contributed by atoms with Crippen molar-refractivity contribution < 1.29 is 4.52 Å². The van der Waals surface area contributed by atoms with Gasteiger partial charge in [0, 0.05) is 30.5 Å². The summed E-state index contributed by atoms with van der Waals surface area (Å²) in [6, 6.07) is 7.89. The number of guanidine groups is 1. The predicted octanol–water partition coefficient (Wildman–Crippen LogP) is 3.19. The molecule has 0 saturated heterocycles. The van der Waals surface area contributed by atoms with E-state index in [9.17, 15) is 0 Å². The lowest BCUT2D eigenvalue weighted by molar-refractivity contribution is 0.372. The fourth-order valence-electron chi connectivity index (χ4n) is 2.19. The maximum atomic E-state index is 5.90. The first-order chi connectivity index (χ1) is 12.1. The molecule has 0 bridgehead atoms. The minimum Gasteiger partial charge on any atom is -0.357 e. The van der Waals surface area contributed by atoms with E-state index in [0.29, 0.717) is 18.9 Å². The summed E-state index contributed by atoms with van der Waals surface area (Å²) in [4.78, 5) is 8.92. The monoisotopic (exact) mass is 363 g/mol. The van der Waals surface area contributed by atoms with E-state index < -0.39 is 0 Å². The molecule has 1 aromatic carbocycles. The maximum absolute atomic E-state index is 5.90. The lowest BCUT2D eigenvalue weighted by atomic mass is 10.1. The molecule has 0 saturated carbocycles. The van der Waals surface area contributed by atoms with Gasteiger partial charge >= 0.3 is 0 Å². The van der Waals surface area contributed by atoms with Gasteiger partial charge in [0.1, 0.15) is 0 Å². The molecule has 0 unspecified atom stereocenters. The number of nitrogens with zero attached hydrogens (tertiary/aromatic N) is 3. The highest BCUT2D eigenvalue weighted by Gasteiger charge is 2.09. The summed E-state index contributed by atoms with van der Waals surface area (Å²) >= 11 is 5.90. The van der Waals surface area contributed by atoms with Crippen LogP contribution < -0.4 is 10.6 Å². The third-order valence-electron chi connectivity index (χ3n) is 3.56. The first kappa shape index (κ1) is 19.2. The fraction of sp³-hybridized carbons (Fsp3) is 0.500. The van der Waals surface area contributed by atoms with Crippen LogP contribution in [0.5, 0.6) is 0 Å². The smallest absolute Gasteiger partial charge is 0.228 e. The van der Waals surface area contributed by atoms with Crippen molar-refractivity contribution in [2.75, 3.05) is 19.6 Å². The molecule has 7 heteroatoms. The van der Waals surface area contributed by atoms with E-state index in [1.54, 1.807) is 0 Å². The van der Waals surface area contributed by atoms with Gasteiger partial charge in [-0.2, -0.15) is 4.98 Å². The zero-order chi connectivity index (χ0) is 18.1. The normalized spacial score (nSPS) is 11.8. The number of aliphatic imine (C=N–C) groups is 1. The van der Waals surface area contributed by atoms with Gasteiger partial charge in [0.2, 0.25) is 5.89 Å². The van der Waals surface area contributed by atoms with E-state index in [1.807, 2.05) is 45.0 Å². The van der Waals surface area contributed by atoms with Gasteiger partial charge in [0.25, 0.3) is 0 Å². The quantitative estimate of drug-likeness (QED) is 0.556. The van der Waals surface area contributed by atoms with E-state index >= 15 is 0 Å². The Morgan fingerprint density at radius 3 is 2.60 bits per heavy atom. The SMILES string of the molecule is CCNC(=NCCc1nc(C(C)C)no1)NCCc1ccc(Cl)cc1. The Morgan fingerprint density at radius 2 is 1.96 bits per heavy atom. The average Bonchev–Trinajstić information content (AvgIpc) is 3.06. The van der Waals surface area contributed by atoms with Crippen LogP contribution in [-0.4, -0.2) is 35.7 Å². The van der Waals surface area contributed by atoms with Crippen LogP contribution in [0.25, 0.3) is 0 Å². The highest BCUT2D eigenvalue weighted by atomic mass is 35.5. The molecular weight excluding hydrogens is 338 g/mol. The zero-order valence-electron chi connectivity index (χ0n) is 15.1. The Bertz CT molecular complexity index is 666. The number of benzene rings is 1. The summed E-state index contributed by atoms with van der Waals surface area (Å²) in [5, 5.41) is 11.3. The van der Waals surface area contributed by atoms with Gasteiger partial charge in [0.15, 0.2) is 11.8 Å². The average molecular weight is 364 g/mol. The van der Waals surface area contributed by atoms with Crippen LogP contribution in [0.2, 0.25) is 5.02 Å². The van der Waals surface area contributed by atoms with Gasteiger partial charge in [-0.15, -0.1) is 0 Å². The first-order valence-corrected chi connectivity index (χ1v) is 9.05. The maximum Gasteiger partial charge on any atom is 0.228 e. The lowest BCUT2D eigenvalue weighted by Crippen LogP contribution is -2.38. The minimum atomic E-state index is 0.271. The number of aromatic nitrogens is 2. The molecule has 0 amide bonds. The summed E-state index contributed by atoms with van der Waals surface area (Å²) in [6.45, 7) is 8.33. The molecule has 0 spiro atoms. The molecule has 1 aromatic heterocycles. The highest BCUT2D eigenvalue weighted by molar-refractivity contribution is 6.30. The second-order valence-electron chi connectivity index (χ2n) is 6.01. The number of hydrogen-bond acceptors (Lipinski definition) is 4. The molecule has 0 atom stereocenters. The third-order valence-corrected chi connectivity index (χ3v) is 3.81. The first-order valence-electron chi connectivity index (χ1n) is 8.67. The van der Waals surface area contributed by atoms with Crippen LogP contribution in [0.1, 0.15) is 44.0 Å². The standard InChI is InChI=1S/C18H26ClN5O/c1-4-20-18(21-11-9-14-5-7-15(19)8-6-14)22-12-10-16-23-17(13(2)3)24-25-16/h5-8,13H,4,9-12H2,1-3H3,(H2,20,21,22). The predicted molar refractivity (Wildman–Crippen MR) is 101 cm³/mol. The Morgan fingerprint density at radius 1 is 1.20 bits per heavy atom. The molecule has 136 valence electrons. The van der Waals surface area contributed by atoms with E-state index in [1.165, 1.54) is 5.56 Å². The molecule has 2 rings (SSSR count). The number of rotatable bonds is 8. The van der Waals surface area contributed by atoms with Gasteiger partial charge < -0.3 is 15.2 Å². The molecule has 0 aliphatic carbocycles. The van der Waals surface area contributed by atoms with Crippen molar-refractivity contribution in [2.45, 2.75) is 39.5 Å². The molecule has 0 aliphatic heterocycles. The molecule has 25 heavy (non-hydrogen) atoms. The van der Waals surface area contributed by atoms with E-state index in [4.69, 9.17) is 16.1 Å². The summed E-state index contributed by atoms with van der Waals surface area (Å²) in [6.07, 6.45) is 1.54. The molecular formula is C18H26ClN5O. The third kappa shape index (κ3) is 6.74. The van der Waals surface area contributed by atoms with Crippen LogP contribution in [0, 0.1) is 0 Å². The van der Waals surface area contributed by atoms with E-state index in [2.05, 4.69) is 25.8 Å². The number of halogens is 1. The summed E-state index contributed by atoms with van der Waals surface area (Å²) in [5.74, 6) is 2.43. The van der Waals surface area contributed by atoms with Gasteiger partial charge in [-0.3, -0.25) is 4.99 Å². The van der Waals surface area contributed by atoms with Crippen LogP contribution in [0.3, 0.4) is 0 Å². The van der Waals surface area contributed by atoms with Crippen molar-refractivity contribution in [2.24, 2.45) is 4.99 Å². The molecule has 0 radical (unpaired) electrons. The van der Waals surface area contributed by atoms with Crippen LogP contribution in [0.15, 0.2) is 33.8 Å². The zero-order valence-corrected chi connectivity index (χ0v) is 15.8. The van der Waals surface area contributed by atoms with Crippen LogP contribution >= 0.6 is 11.6 Å². The van der Waals surface area contributed by atoms with Crippen molar-refractivity contribution in [3.05, 3.63) is 46.6 Å². The lowest BCUT2D eigenvalue weighted by Gasteiger charge is -2.11. The van der Waals surface area contributed by atoms with Crippen LogP contribution in [0.4, 0.5) is 0 Å².